The summed E-state index contributed by atoms with van der Waals surface area (Å²) in [5.41, 5.74) is 0.595. The first-order valence-electron chi connectivity index (χ1n) is 27.2. The van der Waals surface area contributed by atoms with E-state index in [1.165, 1.54) is 49.5 Å². The van der Waals surface area contributed by atoms with Crippen molar-refractivity contribution in [2.24, 2.45) is 11.3 Å². The van der Waals surface area contributed by atoms with Crippen LogP contribution in [0, 0.1) is 11.3 Å². The van der Waals surface area contributed by atoms with Gasteiger partial charge in [0.1, 0.15) is 41.8 Å². The maximum absolute atomic E-state index is 14.3. The van der Waals surface area contributed by atoms with Gasteiger partial charge in [-0.05, 0) is 117 Å². The molecule has 7 atom stereocenters. The summed E-state index contributed by atoms with van der Waals surface area (Å²) in [6.07, 6.45) is -0.205. The molecule has 82 heavy (non-hydrogen) atoms. The molecule has 1 saturated heterocycles. The van der Waals surface area contributed by atoms with Crippen LogP contribution < -0.4 is 40.0 Å². The highest BCUT2D eigenvalue weighted by Gasteiger charge is 2.41. The summed E-state index contributed by atoms with van der Waals surface area (Å²) < 4.78 is 39.2. The van der Waals surface area contributed by atoms with Gasteiger partial charge in [-0.1, -0.05) is 71.4 Å². The highest BCUT2D eigenvalue weighted by molar-refractivity contribution is 7.46. The van der Waals surface area contributed by atoms with Crippen LogP contribution in [0.2, 0.25) is 0 Å². The summed E-state index contributed by atoms with van der Waals surface area (Å²) >= 11 is 0. The van der Waals surface area contributed by atoms with Crippen molar-refractivity contribution in [1.29, 1.82) is 0 Å². The fourth-order valence-corrected chi connectivity index (χ4v) is 9.14. The van der Waals surface area contributed by atoms with E-state index in [0.29, 0.717) is 54.7 Å². The molecule has 0 saturated carbocycles. The van der Waals surface area contributed by atoms with Crippen LogP contribution in [-0.2, 0) is 65.3 Å². The molecule has 25 heteroatoms. The van der Waals surface area contributed by atoms with Gasteiger partial charge in [-0.25, -0.2) is 9.36 Å². The van der Waals surface area contributed by atoms with Crippen LogP contribution in [0.4, 0.5) is 0 Å². The fraction of sp³-hybridized carbons (Fsp3) is 0.526. The molecule has 0 spiro atoms. The molecule has 1 fully saturated rings. The third kappa shape index (κ3) is 21.1. The summed E-state index contributed by atoms with van der Waals surface area (Å²) in [7, 11) is -1.95. The summed E-state index contributed by atoms with van der Waals surface area (Å²) in [5, 5.41) is 29.3. The highest BCUT2D eigenvalue weighted by atomic mass is 31.2. The van der Waals surface area contributed by atoms with E-state index >= 15 is 0 Å². The van der Waals surface area contributed by atoms with E-state index in [0.717, 1.165) is 5.56 Å². The summed E-state index contributed by atoms with van der Waals surface area (Å²) in [6, 6.07) is 10.8. The van der Waals surface area contributed by atoms with E-state index in [2.05, 4.69) is 25.8 Å². The van der Waals surface area contributed by atoms with E-state index in [1.54, 1.807) is 58.0 Å². The Balaban J connectivity index is 1.63. The van der Waals surface area contributed by atoms with Crippen molar-refractivity contribution in [3.63, 3.8) is 0 Å². The molecule has 1 aliphatic rings. The van der Waals surface area contributed by atoms with Crippen LogP contribution in [0.25, 0.3) is 0 Å². The minimum absolute atomic E-state index is 0.00696. The third-order valence-corrected chi connectivity index (χ3v) is 14.8. The number of carbonyl (C=O) groups excluding carboxylic acids is 7. The van der Waals surface area contributed by atoms with Crippen molar-refractivity contribution >= 4 is 61.0 Å². The SMILES string of the molecule is CCC(C)[C@H](C)NC(=O)[C@@H](CCC(=O)O)NC(=O)[C@@H](CCC(=O)O)NC(=O)[C@@H](Cc1ccc(OP(=O)(O)O)cc1)NC(=O)COc1cccc([C@@H](CCc2ccc(OC)c(OC)c2)OC(=O)[C@@H]2CCCCN2C(=O)C(=O)C(C)(C)CC)c1. The number of carbonyl (C=O) groups is 9. The lowest BCUT2D eigenvalue weighted by molar-refractivity contribution is -0.164. The molecule has 3 aromatic carbocycles. The minimum atomic E-state index is -4.96. The molecule has 1 unspecified atom stereocenters. The molecule has 5 amide bonds. The number of aliphatic carboxylic acids is 2. The molecule has 24 nitrogen and oxygen atoms in total. The lowest BCUT2D eigenvalue weighted by atomic mass is 9.84. The number of amides is 5. The Kier molecular flexibility index (Phi) is 25.8. The van der Waals surface area contributed by atoms with Crippen molar-refractivity contribution in [1.82, 2.24) is 26.2 Å². The van der Waals surface area contributed by atoms with Crippen LogP contribution in [0.15, 0.2) is 66.7 Å². The van der Waals surface area contributed by atoms with Crippen LogP contribution in [0.5, 0.6) is 23.0 Å². The zero-order valence-electron chi connectivity index (χ0n) is 47.6. The molecular formula is C57H78N5O19P. The molecule has 0 radical (unpaired) electrons. The number of likely N-dealkylation sites (tertiary alicyclic amines) is 1. The van der Waals surface area contributed by atoms with E-state index in [4.69, 9.17) is 18.9 Å². The first-order valence-corrected chi connectivity index (χ1v) is 28.7. The topological polar surface area (TPSA) is 349 Å². The largest absolute Gasteiger partial charge is 0.524 e. The van der Waals surface area contributed by atoms with Crippen LogP contribution in [-0.4, -0.2) is 136 Å². The van der Waals surface area contributed by atoms with Gasteiger partial charge in [-0.15, -0.1) is 0 Å². The number of nitrogens with zero attached hydrogens (tertiary/aromatic N) is 1. The van der Waals surface area contributed by atoms with Gasteiger partial charge in [0, 0.05) is 37.3 Å². The number of methoxy groups -OCH3 is 2. The van der Waals surface area contributed by atoms with Gasteiger partial charge < -0.3 is 59.9 Å². The molecule has 0 bridgehead atoms. The molecule has 0 aromatic heterocycles. The Morgan fingerprint density at radius 1 is 0.720 bits per heavy atom. The van der Waals surface area contributed by atoms with E-state index < -0.39 is 123 Å². The first-order chi connectivity index (χ1) is 38.7. The minimum Gasteiger partial charge on any atom is -0.493 e. The lowest BCUT2D eigenvalue weighted by Crippen LogP contribution is -2.58. The number of esters is 1. The summed E-state index contributed by atoms with van der Waals surface area (Å²) in [4.78, 5) is 140. The highest BCUT2D eigenvalue weighted by Crippen LogP contribution is 2.38. The Hall–Kier alpha value is -7.56. The van der Waals surface area contributed by atoms with Crippen LogP contribution >= 0.6 is 7.82 Å². The average molecular weight is 1170 g/mol. The van der Waals surface area contributed by atoms with Crippen molar-refractivity contribution in [3.8, 4) is 23.0 Å². The van der Waals surface area contributed by atoms with Crippen molar-refractivity contribution in [2.75, 3.05) is 27.4 Å². The maximum Gasteiger partial charge on any atom is 0.524 e. The number of carboxylic acid groups (broad SMARTS) is 2. The van der Waals surface area contributed by atoms with Crippen molar-refractivity contribution < 1.29 is 91.2 Å². The van der Waals surface area contributed by atoms with Gasteiger partial charge in [0.05, 0.1) is 14.2 Å². The predicted octanol–water partition coefficient (Wildman–Crippen LogP) is 5.14. The molecular weight excluding hydrogens is 1090 g/mol. The van der Waals surface area contributed by atoms with Gasteiger partial charge in [0.15, 0.2) is 18.1 Å². The third-order valence-electron chi connectivity index (χ3n) is 14.4. The lowest BCUT2D eigenvalue weighted by Gasteiger charge is -2.36. The number of phosphoric acid groups is 1. The Morgan fingerprint density at radius 2 is 1.32 bits per heavy atom. The number of nitrogens with one attached hydrogen (secondary N) is 4. The number of Topliss-reactive ketones (excluding diaryl/α,β-unsaturated/α-hetero) is 1. The van der Waals surface area contributed by atoms with E-state index in [1.807, 2.05) is 19.9 Å². The Bertz CT molecular complexity index is 2770. The number of ether oxygens (including phenoxy) is 4. The van der Waals surface area contributed by atoms with Gasteiger partial charge in [-0.2, -0.15) is 0 Å². The summed E-state index contributed by atoms with van der Waals surface area (Å²) in [5.74, 6) is -7.43. The van der Waals surface area contributed by atoms with Crippen LogP contribution in [0.1, 0.15) is 129 Å². The van der Waals surface area contributed by atoms with E-state index in [-0.39, 0.29) is 55.7 Å². The van der Waals surface area contributed by atoms with Crippen molar-refractivity contribution in [2.45, 2.75) is 155 Å². The molecule has 3 aromatic rings. The second-order valence-electron chi connectivity index (χ2n) is 20.8. The first kappa shape index (κ1) is 66.9. The zero-order chi connectivity index (χ0) is 60.9. The quantitative estimate of drug-likeness (QED) is 0.0222. The average Bonchev–Trinajstić information content (AvgIpc) is 3.66. The van der Waals surface area contributed by atoms with Crippen molar-refractivity contribution in [3.05, 3.63) is 83.4 Å². The number of hydrogen-bond donors (Lipinski definition) is 8. The molecule has 0 aliphatic carbocycles. The molecule has 450 valence electrons. The second kappa shape index (κ2) is 31.6. The summed E-state index contributed by atoms with van der Waals surface area (Å²) in [6.45, 7) is 10.2. The Labute approximate surface area is 476 Å². The number of aryl methyl sites for hydroxylation is 1. The number of hydrogen-bond acceptors (Lipinski definition) is 15. The number of phosphoric ester groups is 1. The maximum atomic E-state index is 14.3. The number of ketones is 1. The molecule has 4 rings (SSSR count). The number of benzene rings is 3. The predicted molar refractivity (Wildman–Crippen MR) is 296 cm³/mol. The smallest absolute Gasteiger partial charge is 0.493 e. The van der Waals surface area contributed by atoms with Gasteiger partial charge in [0.2, 0.25) is 23.5 Å². The van der Waals surface area contributed by atoms with Gasteiger partial charge in [0.25, 0.3) is 11.8 Å². The number of carboxylic acids is 2. The normalized spacial score (nSPS) is 15.6. The number of piperidine rings is 1. The van der Waals surface area contributed by atoms with Crippen LogP contribution in [0.3, 0.4) is 0 Å². The molecule has 1 aliphatic heterocycles. The monoisotopic (exact) mass is 1170 g/mol. The van der Waals surface area contributed by atoms with Gasteiger partial charge in [-0.3, -0.25) is 48.1 Å². The fourth-order valence-electron chi connectivity index (χ4n) is 8.74. The Morgan fingerprint density at radius 3 is 1.89 bits per heavy atom. The molecule has 1 heterocycles. The zero-order valence-corrected chi connectivity index (χ0v) is 48.5. The van der Waals surface area contributed by atoms with Gasteiger partial charge >= 0.3 is 25.7 Å². The number of rotatable bonds is 33. The molecule has 8 N–H and O–H groups in total. The van der Waals surface area contributed by atoms with E-state index in [9.17, 15) is 67.7 Å². The standard InChI is InChI=1S/C57H78N5O19P/c1-9-34(3)35(4)58-52(69)41(23-27-49(64)65)60-53(70)42(24-28-50(66)67)61-54(71)43(30-36-17-21-39(22-18-36)81-82(74,75)76)59-48(63)33-79-40-15-13-14-38(32-40)45(25-19-37-20-26-46(77-7)47(31-37)78-8)80-56(73)44-16-11-12-29-62(44)55(72)51(68)57(5,6)10-2/h13-15,17-18,20-22,26,31-32,34-35,41-45H,9-12,16,19,23-25,27-30,33H2,1-8H3,(H,58,69)(H,59,63)(H,60,70)(H,61,71)(H,64,65)(H,66,67)(H2,74,75,76)/t34?,35-,41+,42+,43+,44-,45+/m0/s1. The second-order valence-corrected chi connectivity index (χ2v) is 22.0.